The van der Waals surface area contributed by atoms with E-state index in [0.717, 1.165) is 49.0 Å². The van der Waals surface area contributed by atoms with Crippen molar-refractivity contribution in [1.82, 2.24) is 15.2 Å². The van der Waals surface area contributed by atoms with Crippen LogP contribution in [0.3, 0.4) is 0 Å². The summed E-state index contributed by atoms with van der Waals surface area (Å²) in [6, 6.07) is 10.7. The van der Waals surface area contributed by atoms with Crippen molar-refractivity contribution in [3.63, 3.8) is 0 Å². The van der Waals surface area contributed by atoms with E-state index in [9.17, 15) is 18.0 Å². The molecule has 1 fully saturated rings. The average molecular weight is 449 g/mol. The highest BCUT2D eigenvalue weighted by Gasteiger charge is 2.30. The van der Waals surface area contributed by atoms with E-state index >= 15 is 0 Å². The van der Waals surface area contributed by atoms with Crippen LogP contribution in [0.4, 0.5) is 18.3 Å². The molecule has 2 heterocycles. The summed E-state index contributed by atoms with van der Waals surface area (Å²) in [4.78, 5) is 21.5. The second kappa shape index (κ2) is 8.84. The fourth-order valence-electron chi connectivity index (χ4n) is 3.64. The zero-order valence-electron chi connectivity index (χ0n) is 17.1. The maximum atomic E-state index is 12.8. The third kappa shape index (κ3) is 4.99. The number of hydrogen-bond donors (Lipinski definition) is 1. The predicted octanol–water partition coefficient (Wildman–Crippen LogP) is 4.18. The molecule has 1 aromatic heterocycles. The van der Waals surface area contributed by atoms with Crippen LogP contribution < -0.4 is 10.2 Å². The number of para-hydroxylation sites is 1. The molecule has 0 bridgehead atoms. The van der Waals surface area contributed by atoms with E-state index in [1.54, 1.807) is 11.3 Å². The van der Waals surface area contributed by atoms with Crippen molar-refractivity contribution >= 4 is 32.6 Å². The highest BCUT2D eigenvalue weighted by atomic mass is 32.1. The number of alkyl halides is 3. The van der Waals surface area contributed by atoms with E-state index in [-0.39, 0.29) is 5.56 Å². The minimum Gasteiger partial charge on any atom is -0.351 e. The van der Waals surface area contributed by atoms with Crippen LogP contribution in [0.2, 0.25) is 0 Å². The molecule has 0 spiro atoms. The lowest BCUT2D eigenvalue weighted by Crippen LogP contribution is -2.48. The number of benzene rings is 2. The summed E-state index contributed by atoms with van der Waals surface area (Å²) in [5.74, 6) is -0.491. The van der Waals surface area contributed by atoms with Crippen molar-refractivity contribution < 1.29 is 18.0 Å². The largest absolute Gasteiger partial charge is 0.416 e. The van der Waals surface area contributed by atoms with Crippen LogP contribution in [0.1, 0.15) is 21.5 Å². The number of carbonyl (C=O) groups is 1. The van der Waals surface area contributed by atoms with Crippen LogP contribution in [0.5, 0.6) is 0 Å². The molecular formula is C22H23F3N4OS. The molecular weight excluding hydrogens is 425 g/mol. The lowest BCUT2D eigenvalue weighted by atomic mass is 10.1. The zero-order chi connectivity index (χ0) is 22.0. The Morgan fingerprint density at radius 1 is 1.13 bits per heavy atom. The Hall–Kier alpha value is -2.65. The van der Waals surface area contributed by atoms with Crippen LogP contribution in [0.25, 0.3) is 10.2 Å². The van der Waals surface area contributed by atoms with E-state index in [1.165, 1.54) is 22.4 Å². The third-order valence-corrected chi connectivity index (χ3v) is 6.50. The van der Waals surface area contributed by atoms with Crippen molar-refractivity contribution in [2.75, 3.05) is 44.2 Å². The summed E-state index contributed by atoms with van der Waals surface area (Å²) in [6.07, 6.45) is -4.46. The molecule has 164 valence electrons. The van der Waals surface area contributed by atoms with Crippen LogP contribution in [0, 0.1) is 6.92 Å². The highest BCUT2D eigenvalue weighted by Crippen LogP contribution is 2.31. The first-order chi connectivity index (χ1) is 14.8. The Morgan fingerprint density at radius 3 is 2.58 bits per heavy atom. The number of carbonyl (C=O) groups excluding carboxylic acids is 1. The summed E-state index contributed by atoms with van der Waals surface area (Å²) in [6.45, 7) is 6.48. The number of halogens is 3. The molecule has 5 nitrogen and oxygen atoms in total. The molecule has 31 heavy (non-hydrogen) atoms. The van der Waals surface area contributed by atoms with E-state index in [1.807, 2.05) is 6.07 Å². The normalized spacial score (nSPS) is 15.4. The molecule has 1 saturated heterocycles. The van der Waals surface area contributed by atoms with Crippen molar-refractivity contribution in [1.29, 1.82) is 0 Å². The van der Waals surface area contributed by atoms with Crippen LogP contribution in [0.15, 0.2) is 42.5 Å². The number of anilines is 1. The quantitative estimate of drug-likeness (QED) is 0.636. The molecule has 9 heteroatoms. The van der Waals surface area contributed by atoms with Gasteiger partial charge in [0.15, 0.2) is 5.13 Å². The van der Waals surface area contributed by atoms with Gasteiger partial charge in [-0.15, -0.1) is 0 Å². The van der Waals surface area contributed by atoms with Crippen molar-refractivity contribution in [2.45, 2.75) is 13.1 Å². The summed E-state index contributed by atoms with van der Waals surface area (Å²) >= 11 is 1.70. The average Bonchev–Trinajstić information content (AvgIpc) is 3.19. The second-order valence-electron chi connectivity index (χ2n) is 7.58. The van der Waals surface area contributed by atoms with Gasteiger partial charge in [0.25, 0.3) is 5.91 Å². The molecule has 4 rings (SSSR count). The van der Waals surface area contributed by atoms with E-state index in [4.69, 9.17) is 4.98 Å². The van der Waals surface area contributed by atoms with Gasteiger partial charge in [-0.05, 0) is 36.8 Å². The second-order valence-corrected chi connectivity index (χ2v) is 8.59. The van der Waals surface area contributed by atoms with Gasteiger partial charge in [0.2, 0.25) is 0 Å². The fourth-order valence-corrected chi connectivity index (χ4v) is 4.73. The van der Waals surface area contributed by atoms with Gasteiger partial charge in [-0.3, -0.25) is 9.69 Å². The van der Waals surface area contributed by atoms with Gasteiger partial charge in [0, 0.05) is 44.8 Å². The summed E-state index contributed by atoms with van der Waals surface area (Å²) in [5, 5.41) is 3.75. The SMILES string of the molecule is Cc1cccc2sc(N3CCN(CCNC(=O)c4cccc(C(F)(F)F)c4)CC3)nc12. The number of nitrogens with zero attached hydrogens (tertiary/aromatic N) is 3. The predicted molar refractivity (Wildman–Crippen MR) is 117 cm³/mol. The third-order valence-electron chi connectivity index (χ3n) is 5.42. The standard InChI is InChI=1S/C22H23F3N4OS/c1-15-4-2-7-18-19(15)27-21(31-18)29-12-10-28(11-13-29)9-8-26-20(30)16-5-3-6-17(14-16)22(23,24)25/h2-7,14H,8-13H2,1H3,(H,26,30). The molecule has 2 aromatic carbocycles. The van der Waals surface area contributed by atoms with Crippen molar-refractivity contribution in [3.8, 4) is 0 Å². The minimum absolute atomic E-state index is 0.0192. The lowest BCUT2D eigenvalue weighted by Gasteiger charge is -2.34. The number of rotatable bonds is 5. The monoisotopic (exact) mass is 448 g/mol. The first-order valence-electron chi connectivity index (χ1n) is 10.1. The molecule has 1 amide bonds. The smallest absolute Gasteiger partial charge is 0.351 e. The molecule has 0 saturated carbocycles. The van der Waals surface area contributed by atoms with E-state index in [0.29, 0.717) is 13.1 Å². The number of fused-ring (bicyclic) bond motifs is 1. The molecule has 3 aromatic rings. The molecule has 0 unspecified atom stereocenters. The maximum absolute atomic E-state index is 12.8. The van der Waals surface area contributed by atoms with Gasteiger partial charge < -0.3 is 10.2 Å². The summed E-state index contributed by atoms with van der Waals surface area (Å²) in [7, 11) is 0. The van der Waals surface area contributed by atoms with Crippen LogP contribution >= 0.6 is 11.3 Å². The first-order valence-corrected chi connectivity index (χ1v) is 10.9. The molecule has 0 atom stereocenters. The highest BCUT2D eigenvalue weighted by molar-refractivity contribution is 7.22. The van der Waals surface area contributed by atoms with Gasteiger partial charge >= 0.3 is 6.18 Å². The number of aromatic nitrogens is 1. The molecule has 1 N–H and O–H groups in total. The molecule has 0 aliphatic carbocycles. The van der Waals surface area contributed by atoms with Crippen LogP contribution in [-0.2, 0) is 6.18 Å². The first kappa shape index (κ1) is 21.6. The number of hydrogen-bond acceptors (Lipinski definition) is 5. The fraction of sp³-hybridized carbons (Fsp3) is 0.364. The summed E-state index contributed by atoms with van der Waals surface area (Å²) in [5.41, 5.74) is 1.43. The maximum Gasteiger partial charge on any atom is 0.416 e. The number of piperazine rings is 1. The zero-order valence-corrected chi connectivity index (χ0v) is 17.9. The topological polar surface area (TPSA) is 48.5 Å². The van der Waals surface area contributed by atoms with Gasteiger partial charge in [-0.25, -0.2) is 4.98 Å². The van der Waals surface area contributed by atoms with Crippen molar-refractivity contribution in [2.24, 2.45) is 0 Å². The minimum atomic E-state index is -4.46. The number of aryl methyl sites for hydroxylation is 1. The Kier molecular flexibility index (Phi) is 6.15. The number of thiazole rings is 1. The van der Waals surface area contributed by atoms with Gasteiger partial charge in [-0.1, -0.05) is 29.5 Å². The Balaban J connectivity index is 1.26. The number of nitrogens with one attached hydrogen (secondary N) is 1. The van der Waals surface area contributed by atoms with Gasteiger partial charge in [-0.2, -0.15) is 13.2 Å². The Labute approximate surface area is 182 Å². The van der Waals surface area contributed by atoms with Gasteiger partial charge in [0.1, 0.15) is 0 Å². The lowest BCUT2D eigenvalue weighted by molar-refractivity contribution is -0.137. The molecule has 0 radical (unpaired) electrons. The molecule has 1 aliphatic heterocycles. The molecule has 1 aliphatic rings. The Bertz CT molecular complexity index is 1070. The van der Waals surface area contributed by atoms with Crippen LogP contribution in [-0.4, -0.2) is 55.1 Å². The van der Waals surface area contributed by atoms with E-state index < -0.39 is 17.6 Å². The van der Waals surface area contributed by atoms with Crippen molar-refractivity contribution in [3.05, 3.63) is 59.2 Å². The Morgan fingerprint density at radius 2 is 1.87 bits per heavy atom. The van der Waals surface area contributed by atoms with Gasteiger partial charge in [0.05, 0.1) is 15.8 Å². The summed E-state index contributed by atoms with van der Waals surface area (Å²) < 4.78 is 39.6. The van der Waals surface area contributed by atoms with E-state index in [2.05, 4.69) is 34.2 Å². The number of amides is 1.